The first-order chi connectivity index (χ1) is 11.1. The summed E-state index contributed by atoms with van der Waals surface area (Å²) >= 11 is 0. The number of benzene rings is 2. The first-order valence-electron chi connectivity index (χ1n) is 7.46. The Morgan fingerprint density at radius 1 is 1.17 bits per heavy atom. The molecule has 0 aliphatic rings. The molecule has 0 aliphatic carbocycles. The molecule has 3 heteroatoms. The SMILES string of the molecule is C=C(C)COc1ccc2c(C)c(-c3ccccc3)c(=O)oc2c1. The quantitative estimate of drug-likeness (QED) is 0.517. The summed E-state index contributed by atoms with van der Waals surface area (Å²) in [7, 11) is 0. The lowest BCUT2D eigenvalue weighted by molar-refractivity contribution is 0.352. The molecule has 116 valence electrons. The fourth-order valence-corrected chi connectivity index (χ4v) is 2.57. The monoisotopic (exact) mass is 306 g/mol. The molecule has 3 nitrogen and oxygen atoms in total. The van der Waals surface area contributed by atoms with Crippen molar-refractivity contribution >= 4 is 11.0 Å². The van der Waals surface area contributed by atoms with E-state index in [9.17, 15) is 4.79 Å². The fraction of sp³-hybridized carbons (Fsp3) is 0.150. The molecule has 2 aromatic carbocycles. The second-order valence-electron chi connectivity index (χ2n) is 5.66. The molecular formula is C20H18O3. The minimum absolute atomic E-state index is 0.335. The van der Waals surface area contributed by atoms with Gasteiger partial charge in [0.05, 0.1) is 5.56 Å². The summed E-state index contributed by atoms with van der Waals surface area (Å²) in [5.74, 6) is 0.663. The van der Waals surface area contributed by atoms with E-state index >= 15 is 0 Å². The van der Waals surface area contributed by atoms with E-state index < -0.39 is 0 Å². The molecule has 0 bridgehead atoms. The minimum Gasteiger partial charge on any atom is -0.489 e. The van der Waals surface area contributed by atoms with Crippen LogP contribution < -0.4 is 10.4 Å². The second kappa shape index (κ2) is 6.13. The zero-order chi connectivity index (χ0) is 16.4. The van der Waals surface area contributed by atoms with Crippen LogP contribution in [0.4, 0.5) is 0 Å². The molecule has 0 atom stereocenters. The summed E-state index contributed by atoms with van der Waals surface area (Å²) in [4.78, 5) is 12.4. The van der Waals surface area contributed by atoms with Crippen molar-refractivity contribution in [2.45, 2.75) is 13.8 Å². The average Bonchev–Trinajstić information content (AvgIpc) is 2.53. The van der Waals surface area contributed by atoms with E-state index in [-0.39, 0.29) is 5.63 Å². The molecule has 3 rings (SSSR count). The number of rotatable bonds is 4. The van der Waals surface area contributed by atoms with Crippen LogP contribution >= 0.6 is 0 Å². The Hall–Kier alpha value is -2.81. The standard InChI is InChI=1S/C20H18O3/c1-13(2)12-22-16-9-10-17-14(3)19(15-7-5-4-6-8-15)20(21)23-18(17)11-16/h4-11H,1,12H2,2-3H3. The molecule has 0 radical (unpaired) electrons. The van der Waals surface area contributed by atoms with Gasteiger partial charge in [-0.05, 0) is 42.7 Å². The Morgan fingerprint density at radius 3 is 2.61 bits per heavy atom. The van der Waals surface area contributed by atoms with Crippen LogP contribution in [0.25, 0.3) is 22.1 Å². The molecule has 0 N–H and O–H groups in total. The Labute approximate surface area is 134 Å². The van der Waals surface area contributed by atoms with Gasteiger partial charge in [-0.25, -0.2) is 4.79 Å². The van der Waals surface area contributed by atoms with E-state index in [1.54, 1.807) is 6.07 Å². The Balaban J connectivity index is 2.12. The molecule has 23 heavy (non-hydrogen) atoms. The lowest BCUT2D eigenvalue weighted by Gasteiger charge is -2.10. The molecular weight excluding hydrogens is 288 g/mol. The van der Waals surface area contributed by atoms with Crippen LogP contribution in [0.5, 0.6) is 5.75 Å². The summed E-state index contributed by atoms with van der Waals surface area (Å²) in [6.45, 7) is 8.09. The second-order valence-corrected chi connectivity index (χ2v) is 5.66. The maximum atomic E-state index is 12.4. The zero-order valence-electron chi connectivity index (χ0n) is 13.3. The maximum Gasteiger partial charge on any atom is 0.344 e. The van der Waals surface area contributed by atoms with E-state index in [1.807, 2.05) is 56.3 Å². The van der Waals surface area contributed by atoms with Crippen molar-refractivity contribution in [3.8, 4) is 16.9 Å². The molecule has 0 unspecified atom stereocenters. The largest absolute Gasteiger partial charge is 0.489 e. The topological polar surface area (TPSA) is 39.4 Å². The highest BCUT2D eigenvalue weighted by Crippen LogP contribution is 2.28. The maximum absolute atomic E-state index is 12.4. The molecule has 0 aliphatic heterocycles. The number of ether oxygens (including phenoxy) is 1. The van der Waals surface area contributed by atoms with Crippen LogP contribution in [0, 0.1) is 6.92 Å². The third-order valence-electron chi connectivity index (χ3n) is 3.69. The van der Waals surface area contributed by atoms with Crippen LogP contribution in [-0.4, -0.2) is 6.61 Å². The Morgan fingerprint density at radius 2 is 1.91 bits per heavy atom. The van der Waals surface area contributed by atoms with Crippen molar-refractivity contribution in [2.75, 3.05) is 6.61 Å². The van der Waals surface area contributed by atoms with Gasteiger partial charge in [-0.1, -0.05) is 36.9 Å². The predicted octanol–water partition coefficient (Wildman–Crippen LogP) is 4.72. The van der Waals surface area contributed by atoms with Crippen molar-refractivity contribution in [1.82, 2.24) is 0 Å². The fourth-order valence-electron chi connectivity index (χ4n) is 2.57. The van der Waals surface area contributed by atoms with Crippen molar-refractivity contribution < 1.29 is 9.15 Å². The lowest BCUT2D eigenvalue weighted by Crippen LogP contribution is -2.06. The highest BCUT2D eigenvalue weighted by molar-refractivity contribution is 5.87. The van der Waals surface area contributed by atoms with Crippen molar-refractivity contribution in [3.63, 3.8) is 0 Å². The van der Waals surface area contributed by atoms with Gasteiger partial charge in [0.2, 0.25) is 0 Å². The number of hydrogen-bond acceptors (Lipinski definition) is 3. The number of aryl methyl sites for hydroxylation is 1. The normalized spacial score (nSPS) is 10.7. The molecule has 1 aromatic heterocycles. The van der Waals surface area contributed by atoms with Crippen molar-refractivity contribution in [3.05, 3.63) is 76.7 Å². The third-order valence-corrected chi connectivity index (χ3v) is 3.69. The highest BCUT2D eigenvalue weighted by atomic mass is 16.5. The molecule has 0 fully saturated rings. The van der Waals surface area contributed by atoms with Crippen LogP contribution in [-0.2, 0) is 0 Å². The smallest absolute Gasteiger partial charge is 0.344 e. The molecule has 1 heterocycles. The van der Waals surface area contributed by atoms with E-state index in [0.29, 0.717) is 23.5 Å². The summed E-state index contributed by atoms with van der Waals surface area (Å²) in [6, 6.07) is 15.1. The van der Waals surface area contributed by atoms with Gasteiger partial charge in [0.1, 0.15) is 17.9 Å². The third kappa shape index (κ3) is 3.04. The lowest BCUT2D eigenvalue weighted by atomic mass is 10.00. The predicted molar refractivity (Wildman–Crippen MR) is 93.0 cm³/mol. The van der Waals surface area contributed by atoms with E-state index in [1.165, 1.54) is 0 Å². The Bertz CT molecular complexity index is 921. The average molecular weight is 306 g/mol. The van der Waals surface area contributed by atoms with E-state index in [2.05, 4.69) is 6.58 Å². The summed E-state index contributed by atoms with van der Waals surface area (Å²) < 4.78 is 11.1. The first-order valence-corrected chi connectivity index (χ1v) is 7.46. The Kier molecular flexibility index (Phi) is 4.02. The highest BCUT2D eigenvalue weighted by Gasteiger charge is 2.13. The first kappa shape index (κ1) is 15.1. The van der Waals surface area contributed by atoms with Crippen molar-refractivity contribution in [1.29, 1.82) is 0 Å². The molecule has 0 saturated carbocycles. The van der Waals surface area contributed by atoms with Gasteiger partial charge in [0.25, 0.3) is 0 Å². The molecule has 0 saturated heterocycles. The van der Waals surface area contributed by atoms with Gasteiger partial charge >= 0.3 is 5.63 Å². The van der Waals surface area contributed by atoms with Crippen LogP contribution in [0.15, 0.2) is 69.9 Å². The van der Waals surface area contributed by atoms with E-state index in [4.69, 9.17) is 9.15 Å². The van der Waals surface area contributed by atoms with Gasteiger partial charge in [0.15, 0.2) is 0 Å². The minimum atomic E-state index is -0.335. The van der Waals surface area contributed by atoms with Gasteiger partial charge in [-0.15, -0.1) is 0 Å². The van der Waals surface area contributed by atoms with Gasteiger partial charge in [-0.3, -0.25) is 0 Å². The van der Waals surface area contributed by atoms with Gasteiger partial charge in [0, 0.05) is 11.5 Å². The van der Waals surface area contributed by atoms with Gasteiger partial charge < -0.3 is 9.15 Å². The van der Waals surface area contributed by atoms with Crippen molar-refractivity contribution in [2.24, 2.45) is 0 Å². The molecule has 0 amide bonds. The van der Waals surface area contributed by atoms with Gasteiger partial charge in [-0.2, -0.15) is 0 Å². The molecule has 3 aromatic rings. The molecule has 0 spiro atoms. The van der Waals surface area contributed by atoms with Crippen LogP contribution in [0.2, 0.25) is 0 Å². The zero-order valence-corrected chi connectivity index (χ0v) is 13.3. The summed E-state index contributed by atoms with van der Waals surface area (Å²) in [5, 5.41) is 0.908. The number of fused-ring (bicyclic) bond motifs is 1. The summed E-state index contributed by atoms with van der Waals surface area (Å²) in [5.41, 5.74) is 3.51. The van der Waals surface area contributed by atoms with E-state index in [0.717, 1.165) is 22.1 Å². The van der Waals surface area contributed by atoms with Crippen LogP contribution in [0.1, 0.15) is 12.5 Å². The van der Waals surface area contributed by atoms with Crippen LogP contribution in [0.3, 0.4) is 0 Å². The number of hydrogen-bond donors (Lipinski definition) is 0. The summed E-state index contributed by atoms with van der Waals surface area (Å²) in [6.07, 6.45) is 0.